The highest BCUT2D eigenvalue weighted by atomic mass is 79.9. The van der Waals surface area contributed by atoms with Gasteiger partial charge in [-0.05, 0) is 42.0 Å². The van der Waals surface area contributed by atoms with Gasteiger partial charge < -0.3 is 5.32 Å². The Morgan fingerprint density at radius 2 is 1.74 bits per heavy atom. The van der Waals surface area contributed by atoms with Gasteiger partial charge in [0.2, 0.25) is 0 Å². The minimum Gasteiger partial charge on any atom is -0.308 e. The first-order valence-electron chi connectivity index (χ1n) is 5.65. The number of rotatable bonds is 4. The second kappa shape index (κ2) is 6.46. The maximum absolute atomic E-state index is 13.4. The standard InChI is InChI=1S/C14H11BrClF2N/c15-11-1-3-13(16)9(5-11)7-19-8-10-6-12(17)2-4-14(10)18/h1-6,19H,7-8H2. The molecule has 0 aliphatic rings. The molecule has 0 heterocycles. The molecule has 0 saturated carbocycles. The molecule has 2 aromatic rings. The lowest BCUT2D eigenvalue weighted by Crippen LogP contribution is -2.14. The SMILES string of the molecule is Fc1ccc(F)c(CNCc2cc(Br)ccc2Cl)c1. The van der Waals surface area contributed by atoms with Gasteiger partial charge >= 0.3 is 0 Å². The third-order valence-corrected chi connectivity index (χ3v) is 3.51. The zero-order valence-electron chi connectivity index (χ0n) is 9.89. The number of benzene rings is 2. The smallest absolute Gasteiger partial charge is 0.127 e. The van der Waals surface area contributed by atoms with Crippen LogP contribution in [0.15, 0.2) is 40.9 Å². The summed E-state index contributed by atoms with van der Waals surface area (Å²) in [6.45, 7) is 0.723. The highest BCUT2D eigenvalue weighted by Gasteiger charge is 2.05. The summed E-state index contributed by atoms with van der Waals surface area (Å²) in [6.07, 6.45) is 0. The zero-order valence-corrected chi connectivity index (χ0v) is 12.2. The third-order valence-electron chi connectivity index (χ3n) is 2.65. The largest absolute Gasteiger partial charge is 0.308 e. The van der Waals surface area contributed by atoms with E-state index in [4.69, 9.17) is 11.6 Å². The van der Waals surface area contributed by atoms with E-state index in [1.54, 1.807) is 6.07 Å². The molecule has 2 aromatic carbocycles. The Morgan fingerprint density at radius 3 is 2.53 bits per heavy atom. The molecular weight excluding hydrogens is 336 g/mol. The predicted octanol–water partition coefficient (Wildman–Crippen LogP) is 4.67. The number of nitrogens with one attached hydrogen (secondary N) is 1. The Morgan fingerprint density at radius 1 is 1.00 bits per heavy atom. The maximum atomic E-state index is 13.4. The Balaban J connectivity index is 2.00. The van der Waals surface area contributed by atoms with Gasteiger partial charge in [0.1, 0.15) is 11.6 Å². The van der Waals surface area contributed by atoms with Crippen molar-refractivity contribution in [3.05, 3.63) is 68.7 Å². The van der Waals surface area contributed by atoms with Gasteiger partial charge in [0.25, 0.3) is 0 Å². The maximum Gasteiger partial charge on any atom is 0.127 e. The normalized spacial score (nSPS) is 10.7. The number of halogens is 4. The fraction of sp³-hybridized carbons (Fsp3) is 0.143. The number of hydrogen-bond acceptors (Lipinski definition) is 1. The molecule has 0 radical (unpaired) electrons. The Bertz CT molecular complexity index is 538. The van der Waals surface area contributed by atoms with Gasteiger partial charge in [-0.3, -0.25) is 0 Å². The molecule has 0 fully saturated rings. The summed E-state index contributed by atoms with van der Waals surface area (Å²) >= 11 is 9.40. The van der Waals surface area contributed by atoms with Crippen LogP contribution in [0.3, 0.4) is 0 Å². The van der Waals surface area contributed by atoms with E-state index in [2.05, 4.69) is 21.2 Å². The summed E-state index contributed by atoms with van der Waals surface area (Å²) in [4.78, 5) is 0. The Hall–Kier alpha value is -0.970. The Labute approximate surface area is 123 Å². The Kier molecular flexibility index (Phi) is 4.91. The summed E-state index contributed by atoms with van der Waals surface area (Å²) in [5, 5.41) is 3.68. The highest BCUT2D eigenvalue weighted by molar-refractivity contribution is 9.10. The molecular formula is C14H11BrClF2N. The van der Waals surface area contributed by atoms with Crippen LogP contribution >= 0.6 is 27.5 Å². The van der Waals surface area contributed by atoms with Crippen LogP contribution < -0.4 is 5.32 Å². The van der Waals surface area contributed by atoms with Crippen molar-refractivity contribution in [1.82, 2.24) is 5.32 Å². The fourth-order valence-electron chi connectivity index (χ4n) is 1.69. The van der Waals surface area contributed by atoms with E-state index in [9.17, 15) is 8.78 Å². The van der Waals surface area contributed by atoms with E-state index in [1.165, 1.54) is 6.07 Å². The zero-order chi connectivity index (χ0) is 13.8. The molecule has 0 saturated heterocycles. The molecule has 0 aliphatic carbocycles. The van der Waals surface area contributed by atoms with Gasteiger partial charge in [0.05, 0.1) is 0 Å². The van der Waals surface area contributed by atoms with Crippen molar-refractivity contribution in [2.45, 2.75) is 13.1 Å². The molecule has 0 bridgehead atoms. The second-order valence-corrected chi connectivity index (χ2v) is 5.40. The molecule has 0 unspecified atom stereocenters. The van der Waals surface area contributed by atoms with Crippen LogP contribution in [0.1, 0.15) is 11.1 Å². The van der Waals surface area contributed by atoms with Gasteiger partial charge in [-0.2, -0.15) is 0 Å². The van der Waals surface area contributed by atoms with E-state index >= 15 is 0 Å². The first kappa shape index (κ1) is 14.4. The third kappa shape index (κ3) is 4.00. The van der Waals surface area contributed by atoms with Crippen LogP contribution in [0.2, 0.25) is 5.02 Å². The van der Waals surface area contributed by atoms with Gasteiger partial charge in [0.15, 0.2) is 0 Å². The van der Waals surface area contributed by atoms with Crippen molar-refractivity contribution < 1.29 is 8.78 Å². The molecule has 1 nitrogen and oxygen atoms in total. The van der Waals surface area contributed by atoms with Gasteiger partial charge in [-0.25, -0.2) is 8.78 Å². The second-order valence-electron chi connectivity index (χ2n) is 4.08. The molecule has 2 rings (SSSR count). The lowest BCUT2D eigenvalue weighted by molar-refractivity contribution is 0.568. The van der Waals surface area contributed by atoms with Gasteiger partial charge in [-0.15, -0.1) is 0 Å². The molecule has 19 heavy (non-hydrogen) atoms. The molecule has 100 valence electrons. The summed E-state index contributed by atoms with van der Waals surface area (Å²) in [5.74, 6) is -0.868. The van der Waals surface area contributed by atoms with Crippen molar-refractivity contribution in [2.24, 2.45) is 0 Å². The van der Waals surface area contributed by atoms with Crippen LogP contribution in [0.4, 0.5) is 8.78 Å². The predicted molar refractivity (Wildman–Crippen MR) is 76.1 cm³/mol. The summed E-state index contributed by atoms with van der Waals surface area (Å²) < 4.78 is 27.3. The van der Waals surface area contributed by atoms with Crippen molar-refractivity contribution >= 4 is 27.5 Å². The molecule has 5 heteroatoms. The van der Waals surface area contributed by atoms with E-state index in [-0.39, 0.29) is 6.54 Å². The fourth-order valence-corrected chi connectivity index (χ4v) is 2.28. The first-order chi connectivity index (χ1) is 9.06. The number of hydrogen-bond donors (Lipinski definition) is 1. The average molecular weight is 347 g/mol. The molecule has 0 aromatic heterocycles. The van der Waals surface area contributed by atoms with Crippen molar-refractivity contribution in [2.75, 3.05) is 0 Å². The lowest BCUT2D eigenvalue weighted by atomic mass is 10.2. The minimum atomic E-state index is -0.446. The van der Waals surface area contributed by atoms with Crippen LogP contribution in [0.5, 0.6) is 0 Å². The van der Waals surface area contributed by atoms with E-state index in [0.29, 0.717) is 17.1 Å². The van der Waals surface area contributed by atoms with E-state index in [0.717, 1.165) is 22.2 Å². The van der Waals surface area contributed by atoms with Crippen LogP contribution in [0, 0.1) is 11.6 Å². The topological polar surface area (TPSA) is 12.0 Å². The van der Waals surface area contributed by atoms with E-state index < -0.39 is 11.6 Å². The summed E-state index contributed by atoms with van der Waals surface area (Å²) in [6, 6.07) is 8.92. The molecule has 0 spiro atoms. The summed E-state index contributed by atoms with van der Waals surface area (Å²) in [5.41, 5.74) is 1.19. The average Bonchev–Trinajstić information content (AvgIpc) is 2.38. The van der Waals surface area contributed by atoms with Crippen molar-refractivity contribution in [1.29, 1.82) is 0 Å². The quantitative estimate of drug-likeness (QED) is 0.848. The van der Waals surface area contributed by atoms with Gasteiger partial charge in [-0.1, -0.05) is 27.5 Å². The van der Waals surface area contributed by atoms with Crippen molar-refractivity contribution in [3.8, 4) is 0 Å². The van der Waals surface area contributed by atoms with Crippen LogP contribution in [-0.4, -0.2) is 0 Å². The van der Waals surface area contributed by atoms with Crippen LogP contribution in [0.25, 0.3) is 0 Å². The van der Waals surface area contributed by atoms with E-state index in [1.807, 2.05) is 12.1 Å². The van der Waals surface area contributed by atoms with Crippen LogP contribution in [-0.2, 0) is 13.1 Å². The first-order valence-corrected chi connectivity index (χ1v) is 6.82. The lowest BCUT2D eigenvalue weighted by Gasteiger charge is -2.08. The molecule has 0 atom stereocenters. The van der Waals surface area contributed by atoms with Crippen molar-refractivity contribution in [3.63, 3.8) is 0 Å². The highest BCUT2D eigenvalue weighted by Crippen LogP contribution is 2.21. The molecule has 0 aliphatic heterocycles. The van der Waals surface area contributed by atoms with Gasteiger partial charge in [0, 0.05) is 28.1 Å². The summed E-state index contributed by atoms with van der Waals surface area (Å²) in [7, 11) is 0. The molecule has 1 N–H and O–H groups in total. The molecule has 0 amide bonds. The monoisotopic (exact) mass is 345 g/mol. The minimum absolute atomic E-state index is 0.242.